The van der Waals surface area contributed by atoms with E-state index in [9.17, 15) is 19.2 Å². The van der Waals surface area contributed by atoms with E-state index in [-0.39, 0.29) is 38.1 Å². The highest BCUT2D eigenvalue weighted by Gasteiger charge is 2.28. The number of nitrogens with one attached hydrogen (secondary N) is 1. The molecule has 1 amide bonds. The molecule has 1 N–H and O–H groups in total. The Morgan fingerprint density at radius 2 is 1.57 bits per heavy atom. The Morgan fingerprint density at radius 1 is 0.964 bits per heavy atom. The van der Waals surface area contributed by atoms with E-state index in [4.69, 9.17) is 18.9 Å². The van der Waals surface area contributed by atoms with Gasteiger partial charge < -0.3 is 24.3 Å². The Bertz CT molecular complexity index is 527. The van der Waals surface area contributed by atoms with Crippen LogP contribution in [0.4, 0.5) is 4.79 Å². The largest absolute Gasteiger partial charge is 0.466 e. The van der Waals surface area contributed by atoms with Crippen LogP contribution in [0.5, 0.6) is 0 Å². The molecule has 0 radical (unpaired) electrons. The molecule has 0 bridgehead atoms. The molecule has 2 atom stereocenters. The van der Waals surface area contributed by atoms with Crippen molar-refractivity contribution in [3.63, 3.8) is 0 Å². The van der Waals surface area contributed by atoms with Crippen molar-refractivity contribution in [1.82, 2.24) is 5.32 Å². The average Bonchev–Trinajstić information content (AvgIpc) is 2.53. The summed E-state index contributed by atoms with van der Waals surface area (Å²) in [5.74, 6) is -1.67. The van der Waals surface area contributed by atoms with E-state index in [0.29, 0.717) is 12.8 Å². The van der Waals surface area contributed by atoms with Gasteiger partial charge >= 0.3 is 24.0 Å². The molecule has 0 aliphatic carbocycles. The lowest BCUT2D eigenvalue weighted by atomic mass is 9.95. The molecule has 0 saturated carbocycles. The van der Waals surface area contributed by atoms with E-state index < -0.39 is 29.7 Å². The van der Waals surface area contributed by atoms with Gasteiger partial charge in [-0.2, -0.15) is 0 Å². The molecule has 162 valence electrons. The average molecular weight is 403 g/mol. The van der Waals surface area contributed by atoms with E-state index in [1.807, 2.05) is 0 Å². The maximum atomic E-state index is 12.3. The van der Waals surface area contributed by atoms with Crippen LogP contribution in [0.3, 0.4) is 0 Å². The van der Waals surface area contributed by atoms with Gasteiger partial charge in [-0.1, -0.05) is 0 Å². The third kappa shape index (κ3) is 13.8. The zero-order valence-corrected chi connectivity index (χ0v) is 17.7. The molecule has 0 aliphatic rings. The second kappa shape index (κ2) is 13.0. The summed E-state index contributed by atoms with van der Waals surface area (Å²) in [7, 11) is 0. The molecule has 0 aliphatic heterocycles. The van der Waals surface area contributed by atoms with Gasteiger partial charge in [0, 0.05) is 13.8 Å². The van der Waals surface area contributed by atoms with Crippen LogP contribution < -0.4 is 5.32 Å². The number of amides is 1. The molecule has 0 unspecified atom stereocenters. The van der Waals surface area contributed by atoms with Crippen LogP contribution in [0.2, 0.25) is 0 Å². The van der Waals surface area contributed by atoms with Crippen molar-refractivity contribution in [1.29, 1.82) is 0 Å². The van der Waals surface area contributed by atoms with Gasteiger partial charge in [0.1, 0.15) is 11.6 Å². The van der Waals surface area contributed by atoms with E-state index in [0.717, 1.165) is 0 Å². The highest BCUT2D eigenvalue weighted by molar-refractivity contribution is 5.81. The lowest BCUT2D eigenvalue weighted by molar-refractivity contribution is -0.146. The Hall–Kier alpha value is -2.32. The highest BCUT2D eigenvalue weighted by atomic mass is 16.6. The van der Waals surface area contributed by atoms with Crippen LogP contribution in [-0.2, 0) is 33.3 Å². The monoisotopic (exact) mass is 403 g/mol. The highest BCUT2D eigenvalue weighted by Crippen LogP contribution is 2.17. The molecule has 0 fully saturated rings. The number of alkyl carbamates (subject to hydrolysis) is 1. The van der Waals surface area contributed by atoms with Crippen LogP contribution >= 0.6 is 0 Å². The van der Waals surface area contributed by atoms with Gasteiger partial charge in [-0.05, 0) is 52.9 Å². The minimum atomic E-state index is -0.955. The normalized spacial score (nSPS) is 13.1. The predicted octanol–water partition coefficient (Wildman–Crippen LogP) is 2.36. The minimum absolute atomic E-state index is 0.0707. The van der Waals surface area contributed by atoms with Crippen LogP contribution in [0.1, 0.15) is 60.8 Å². The smallest absolute Gasteiger partial charge is 0.408 e. The van der Waals surface area contributed by atoms with E-state index >= 15 is 0 Å². The van der Waals surface area contributed by atoms with Crippen LogP contribution in [0.25, 0.3) is 0 Å². The Kier molecular flexibility index (Phi) is 11.9. The molecule has 0 heterocycles. The summed E-state index contributed by atoms with van der Waals surface area (Å²) in [4.78, 5) is 46.4. The summed E-state index contributed by atoms with van der Waals surface area (Å²) in [6.07, 6.45) is 0.488. The Morgan fingerprint density at radius 3 is 2.07 bits per heavy atom. The molecule has 9 nitrogen and oxygen atoms in total. The molecule has 0 rings (SSSR count). The Balaban J connectivity index is 5.03. The number of carbonyl (C=O) groups excluding carboxylic acids is 4. The number of hydrogen-bond donors (Lipinski definition) is 1. The maximum absolute atomic E-state index is 12.3. The van der Waals surface area contributed by atoms with Crippen molar-refractivity contribution in [3.05, 3.63) is 0 Å². The molecule has 9 heteroatoms. The first-order chi connectivity index (χ1) is 12.9. The van der Waals surface area contributed by atoms with Gasteiger partial charge in [-0.15, -0.1) is 0 Å². The van der Waals surface area contributed by atoms with Gasteiger partial charge in [-0.3, -0.25) is 9.59 Å². The Labute approximate surface area is 166 Å². The van der Waals surface area contributed by atoms with E-state index in [1.54, 1.807) is 27.7 Å². The number of carbonyl (C=O) groups is 4. The van der Waals surface area contributed by atoms with Crippen molar-refractivity contribution in [3.8, 4) is 0 Å². The second-order valence-corrected chi connectivity index (χ2v) is 7.34. The van der Waals surface area contributed by atoms with Crippen LogP contribution in [0, 0.1) is 5.92 Å². The van der Waals surface area contributed by atoms with Crippen LogP contribution in [0.15, 0.2) is 0 Å². The zero-order valence-electron chi connectivity index (χ0n) is 17.7. The SMILES string of the molecule is CCOC(=O)[C@@H](C[C@@H](CCCOC(C)=O)COC(C)=O)NC(=O)OC(C)(C)C. The van der Waals surface area contributed by atoms with E-state index in [1.165, 1.54) is 13.8 Å². The molecule has 0 aromatic carbocycles. The number of ether oxygens (including phenoxy) is 4. The van der Waals surface area contributed by atoms with Gasteiger partial charge in [-0.25, -0.2) is 9.59 Å². The third-order valence-corrected chi connectivity index (χ3v) is 3.42. The van der Waals surface area contributed by atoms with Crippen molar-refractivity contribution in [2.24, 2.45) is 5.92 Å². The summed E-state index contributed by atoms with van der Waals surface area (Å²) in [5, 5.41) is 2.52. The van der Waals surface area contributed by atoms with E-state index in [2.05, 4.69) is 5.32 Å². The maximum Gasteiger partial charge on any atom is 0.408 e. The molecule has 0 aromatic heterocycles. The summed E-state index contributed by atoms with van der Waals surface area (Å²) in [5.41, 5.74) is -0.718. The minimum Gasteiger partial charge on any atom is -0.466 e. The number of rotatable bonds is 11. The topological polar surface area (TPSA) is 117 Å². The fourth-order valence-electron chi connectivity index (χ4n) is 2.33. The first-order valence-electron chi connectivity index (χ1n) is 9.37. The molecular weight excluding hydrogens is 370 g/mol. The predicted molar refractivity (Wildman–Crippen MR) is 100 cm³/mol. The van der Waals surface area contributed by atoms with Gasteiger partial charge in [0.05, 0.1) is 19.8 Å². The second-order valence-electron chi connectivity index (χ2n) is 7.34. The molecular formula is C19H33NO8. The van der Waals surface area contributed by atoms with Gasteiger partial charge in [0.25, 0.3) is 0 Å². The fourth-order valence-corrected chi connectivity index (χ4v) is 2.33. The summed E-state index contributed by atoms with van der Waals surface area (Å²) >= 11 is 0. The fraction of sp³-hybridized carbons (Fsp3) is 0.789. The van der Waals surface area contributed by atoms with Crippen molar-refractivity contribution < 1.29 is 38.1 Å². The summed E-state index contributed by atoms with van der Waals surface area (Å²) < 4.78 is 20.2. The number of hydrogen-bond acceptors (Lipinski definition) is 8. The molecule has 0 aromatic rings. The zero-order chi connectivity index (χ0) is 21.7. The first-order valence-corrected chi connectivity index (χ1v) is 9.37. The molecule has 28 heavy (non-hydrogen) atoms. The molecule has 0 saturated heterocycles. The lowest BCUT2D eigenvalue weighted by Gasteiger charge is -2.25. The number of esters is 3. The van der Waals surface area contributed by atoms with Crippen molar-refractivity contribution >= 4 is 24.0 Å². The van der Waals surface area contributed by atoms with Crippen molar-refractivity contribution in [2.75, 3.05) is 19.8 Å². The lowest BCUT2D eigenvalue weighted by Crippen LogP contribution is -2.45. The summed E-state index contributed by atoms with van der Waals surface area (Å²) in [6.45, 7) is 9.86. The van der Waals surface area contributed by atoms with Gasteiger partial charge in [0.2, 0.25) is 0 Å². The van der Waals surface area contributed by atoms with Crippen LogP contribution in [-0.4, -0.2) is 55.5 Å². The quantitative estimate of drug-likeness (QED) is 0.317. The van der Waals surface area contributed by atoms with Crippen molar-refractivity contribution in [2.45, 2.75) is 72.4 Å². The van der Waals surface area contributed by atoms with Gasteiger partial charge in [0.15, 0.2) is 0 Å². The third-order valence-electron chi connectivity index (χ3n) is 3.42. The molecule has 0 spiro atoms. The first kappa shape index (κ1) is 25.7. The summed E-state index contributed by atoms with van der Waals surface area (Å²) in [6, 6.07) is -0.955. The standard InChI is InChI=1S/C19H33NO8/c1-7-25-17(23)16(20-18(24)28-19(4,5)6)11-15(12-27-14(3)22)9-8-10-26-13(2)21/h15-16H,7-12H2,1-6H3,(H,20,24)/t15-,16-/m1/s1.